The minimum atomic E-state index is 0.702. The Morgan fingerprint density at radius 3 is 2.70 bits per heavy atom. The van der Waals surface area contributed by atoms with Gasteiger partial charge in [-0.15, -0.1) is 11.3 Å². The number of aromatic nitrogens is 3. The van der Waals surface area contributed by atoms with Crippen LogP contribution in [0.1, 0.15) is 10.7 Å². The molecular weight excluding hydrogens is 268 g/mol. The van der Waals surface area contributed by atoms with E-state index in [2.05, 4.69) is 38.0 Å². The first-order valence-electron chi connectivity index (χ1n) is 6.39. The molecule has 0 aliphatic heterocycles. The Morgan fingerprint density at radius 1 is 1.00 bits per heavy atom. The average molecular weight is 282 g/mol. The van der Waals surface area contributed by atoms with E-state index in [1.54, 1.807) is 17.5 Å². The summed E-state index contributed by atoms with van der Waals surface area (Å²) in [5.74, 6) is 0. The van der Waals surface area contributed by atoms with E-state index in [0.717, 1.165) is 28.5 Å². The molecule has 0 atom stereocenters. The number of nitrogens with zero attached hydrogens (tertiary/aromatic N) is 3. The maximum Gasteiger partial charge on any atom is 0.107 e. The summed E-state index contributed by atoms with van der Waals surface area (Å²) in [7, 11) is 0. The summed E-state index contributed by atoms with van der Waals surface area (Å²) < 4.78 is 0. The Hall–Kier alpha value is -2.11. The van der Waals surface area contributed by atoms with Gasteiger partial charge in [-0.25, -0.2) is 4.98 Å². The highest BCUT2D eigenvalue weighted by atomic mass is 32.1. The van der Waals surface area contributed by atoms with Gasteiger partial charge in [0.2, 0.25) is 0 Å². The third-order valence-corrected chi connectivity index (χ3v) is 3.68. The number of thiazole rings is 1. The van der Waals surface area contributed by atoms with Crippen LogP contribution in [0.5, 0.6) is 0 Å². The van der Waals surface area contributed by atoms with E-state index in [4.69, 9.17) is 0 Å². The molecule has 0 aliphatic carbocycles. The molecule has 0 radical (unpaired) electrons. The highest BCUT2D eigenvalue weighted by molar-refractivity contribution is 7.09. The lowest BCUT2D eigenvalue weighted by atomic mass is 10.2. The van der Waals surface area contributed by atoms with E-state index in [0.29, 0.717) is 6.54 Å². The first kappa shape index (κ1) is 12.9. The maximum absolute atomic E-state index is 4.63. The van der Waals surface area contributed by atoms with Crippen molar-refractivity contribution in [2.24, 2.45) is 0 Å². The van der Waals surface area contributed by atoms with Crippen LogP contribution in [0, 0.1) is 0 Å². The Kier molecular flexibility index (Phi) is 4.10. The van der Waals surface area contributed by atoms with Crippen molar-refractivity contribution in [2.75, 3.05) is 0 Å². The van der Waals surface area contributed by atoms with Gasteiger partial charge in [-0.2, -0.15) is 10.2 Å². The van der Waals surface area contributed by atoms with E-state index in [9.17, 15) is 0 Å². The van der Waals surface area contributed by atoms with E-state index in [-0.39, 0.29) is 0 Å². The lowest BCUT2D eigenvalue weighted by Crippen LogP contribution is -2.13. The van der Waals surface area contributed by atoms with Crippen molar-refractivity contribution < 1.29 is 0 Å². The summed E-state index contributed by atoms with van der Waals surface area (Å²) in [6, 6.07) is 14.1. The molecule has 0 bridgehead atoms. The molecule has 0 unspecified atom stereocenters. The van der Waals surface area contributed by atoms with Crippen molar-refractivity contribution in [2.45, 2.75) is 13.1 Å². The van der Waals surface area contributed by atoms with Crippen LogP contribution in [0.25, 0.3) is 11.3 Å². The molecule has 0 saturated carbocycles. The Morgan fingerprint density at radius 2 is 1.90 bits per heavy atom. The van der Waals surface area contributed by atoms with Crippen molar-refractivity contribution in [1.82, 2.24) is 20.5 Å². The minimum absolute atomic E-state index is 0.702. The fourth-order valence-electron chi connectivity index (χ4n) is 1.86. The lowest BCUT2D eigenvalue weighted by Gasteiger charge is -2.00. The molecule has 0 saturated heterocycles. The Balaban J connectivity index is 1.58. The predicted molar refractivity (Wildman–Crippen MR) is 80.1 cm³/mol. The highest BCUT2D eigenvalue weighted by Gasteiger charge is 2.04. The van der Waals surface area contributed by atoms with E-state index in [1.807, 2.05) is 30.3 Å². The lowest BCUT2D eigenvalue weighted by molar-refractivity contribution is 0.668. The monoisotopic (exact) mass is 282 g/mol. The van der Waals surface area contributed by atoms with Gasteiger partial charge in [0.05, 0.1) is 11.4 Å². The van der Waals surface area contributed by atoms with Gasteiger partial charge in [-0.3, -0.25) is 0 Å². The largest absolute Gasteiger partial charge is 0.305 e. The van der Waals surface area contributed by atoms with Gasteiger partial charge in [-0.1, -0.05) is 30.3 Å². The van der Waals surface area contributed by atoms with E-state index < -0.39 is 0 Å². The number of benzene rings is 1. The van der Waals surface area contributed by atoms with Crippen molar-refractivity contribution in [3.63, 3.8) is 0 Å². The van der Waals surface area contributed by atoms with Gasteiger partial charge in [0, 0.05) is 30.2 Å². The predicted octanol–water partition coefficient (Wildman–Crippen LogP) is 2.89. The van der Waals surface area contributed by atoms with E-state index in [1.165, 1.54) is 0 Å². The summed E-state index contributed by atoms with van der Waals surface area (Å²) in [5, 5.41) is 14.4. The van der Waals surface area contributed by atoms with Crippen molar-refractivity contribution in [3.05, 3.63) is 64.7 Å². The molecule has 4 nitrogen and oxygen atoms in total. The molecule has 100 valence electrons. The van der Waals surface area contributed by atoms with Crippen molar-refractivity contribution >= 4 is 11.3 Å². The smallest absolute Gasteiger partial charge is 0.107 e. The molecule has 2 aromatic heterocycles. The van der Waals surface area contributed by atoms with Crippen LogP contribution < -0.4 is 5.32 Å². The van der Waals surface area contributed by atoms with Gasteiger partial charge in [0.15, 0.2) is 0 Å². The second kappa shape index (κ2) is 6.36. The summed E-state index contributed by atoms with van der Waals surface area (Å²) >= 11 is 1.67. The fraction of sp³-hybridized carbons (Fsp3) is 0.133. The van der Waals surface area contributed by atoms with Crippen molar-refractivity contribution in [1.29, 1.82) is 0 Å². The van der Waals surface area contributed by atoms with Gasteiger partial charge in [0.1, 0.15) is 5.01 Å². The molecule has 0 aliphatic rings. The standard InChI is InChI=1S/C15H14N4S/c1-2-5-12(6-3-1)14-11-20-15(18-14)10-16-9-13-7-4-8-17-19-13/h1-8,11,16H,9-10H2. The van der Waals surface area contributed by atoms with Gasteiger partial charge < -0.3 is 5.32 Å². The van der Waals surface area contributed by atoms with Gasteiger partial charge >= 0.3 is 0 Å². The molecule has 3 aromatic rings. The fourth-order valence-corrected chi connectivity index (χ4v) is 2.63. The molecule has 0 fully saturated rings. The van der Waals surface area contributed by atoms with Crippen LogP contribution >= 0.6 is 11.3 Å². The number of nitrogens with one attached hydrogen (secondary N) is 1. The summed E-state index contributed by atoms with van der Waals surface area (Å²) in [4.78, 5) is 4.63. The molecule has 20 heavy (non-hydrogen) atoms. The first-order chi connectivity index (χ1) is 9.92. The third-order valence-electron chi connectivity index (χ3n) is 2.83. The average Bonchev–Trinajstić information content (AvgIpc) is 2.98. The number of rotatable bonds is 5. The molecule has 3 rings (SSSR count). The van der Waals surface area contributed by atoms with E-state index >= 15 is 0 Å². The first-order valence-corrected chi connectivity index (χ1v) is 7.27. The van der Waals surface area contributed by atoms with Crippen molar-refractivity contribution in [3.8, 4) is 11.3 Å². The van der Waals surface area contributed by atoms with Crippen LogP contribution in [-0.2, 0) is 13.1 Å². The van der Waals surface area contributed by atoms with Crippen LogP contribution in [0.2, 0.25) is 0 Å². The Labute approximate surface area is 121 Å². The third kappa shape index (κ3) is 3.26. The number of hydrogen-bond donors (Lipinski definition) is 1. The van der Waals surface area contributed by atoms with Crippen LogP contribution in [0.4, 0.5) is 0 Å². The minimum Gasteiger partial charge on any atom is -0.305 e. The summed E-state index contributed by atoms with van der Waals surface area (Å²) in [6.45, 7) is 1.45. The molecule has 1 aromatic carbocycles. The molecular formula is C15H14N4S. The molecule has 0 spiro atoms. The zero-order chi connectivity index (χ0) is 13.6. The second-order valence-electron chi connectivity index (χ2n) is 4.31. The number of hydrogen-bond acceptors (Lipinski definition) is 5. The summed E-state index contributed by atoms with van der Waals surface area (Å²) in [5.41, 5.74) is 3.13. The zero-order valence-electron chi connectivity index (χ0n) is 10.9. The van der Waals surface area contributed by atoms with Crippen LogP contribution in [0.3, 0.4) is 0 Å². The highest BCUT2D eigenvalue weighted by Crippen LogP contribution is 2.21. The molecule has 2 heterocycles. The topological polar surface area (TPSA) is 50.7 Å². The van der Waals surface area contributed by atoms with Crippen LogP contribution in [0.15, 0.2) is 54.0 Å². The van der Waals surface area contributed by atoms with Gasteiger partial charge in [-0.05, 0) is 12.1 Å². The van der Waals surface area contributed by atoms with Gasteiger partial charge in [0.25, 0.3) is 0 Å². The summed E-state index contributed by atoms with van der Waals surface area (Å²) in [6.07, 6.45) is 1.68. The van der Waals surface area contributed by atoms with Crippen LogP contribution in [-0.4, -0.2) is 15.2 Å². The molecule has 0 amide bonds. The molecule has 1 N–H and O–H groups in total. The second-order valence-corrected chi connectivity index (χ2v) is 5.25. The quantitative estimate of drug-likeness (QED) is 0.782. The SMILES string of the molecule is c1ccc(-c2csc(CNCc3cccnn3)n2)cc1. The Bertz CT molecular complexity index is 652. The molecule has 5 heteroatoms. The normalized spacial score (nSPS) is 10.6. The maximum atomic E-state index is 4.63. The zero-order valence-corrected chi connectivity index (χ0v) is 11.7.